The maximum Gasteiger partial charge on any atom is 0.220 e. The molecule has 1 aliphatic heterocycles. The highest BCUT2D eigenvalue weighted by Crippen LogP contribution is 2.14. The number of hydrogen-bond donors (Lipinski definition) is 2. The Kier molecular flexibility index (Phi) is 8.15. The Balaban J connectivity index is 2.23. The fourth-order valence-corrected chi connectivity index (χ4v) is 3.01. The van der Waals surface area contributed by atoms with E-state index >= 15 is 0 Å². The van der Waals surface area contributed by atoms with Crippen molar-refractivity contribution in [3.8, 4) is 0 Å². The minimum absolute atomic E-state index is 0.157. The van der Waals surface area contributed by atoms with Crippen molar-refractivity contribution < 1.29 is 4.79 Å². The van der Waals surface area contributed by atoms with Gasteiger partial charge in [-0.25, -0.2) is 0 Å². The molecule has 2 atom stereocenters. The fraction of sp³-hybridized carbons (Fsp3) is 0.938. The number of nitrogens with one attached hydrogen (secondary N) is 1. The van der Waals surface area contributed by atoms with Crippen LogP contribution in [0.25, 0.3) is 0 Å². The Labute approximate surface area is 124 Å². The van der Waals surface area contributed by atoms with E-state index in [9.17, 15) is 4.79 Å². The lowest BCUT2D eigenvalue weighted by molar-refractivity contribution is -0.122. The summed E-state index contributed by atoms with van der Waals surface area (Å²) in [6.45, 7) is 10.3. The van der Waals surface area contributed by atoms with Gasteiger partial charge in [-0.3, -0.25) is 9.69 Å². The van der Waals surface area contributed by atoms with E-state index in [2.05, 4.69) is 31.0 Å². The molecule has 4 nitrogen and oxygen atoms in total. The van der Waals surface area contributed by atoms with Crippen LogP contribution in [0.15, 0.2) is 0 Å². The van der Waals surface area contributed by atoms with Crippen molar-refractivity contribution >= 4 is 5.91 Å². The second-order valence-corrected chi connectivity index (χ2v) is 6.69. The molecule has 0 aromatic rings. The molecule has 0 saturated carbocycles. The van der Waals surface area contributed by atoms with Crippen LogP contribution in [-0.4, -0.2) is 43.0 Å². The number of nitrogens with two attached hydrogens (primary N) is 1. The zero-order valence-electron chi connectivity index (χ0n) is 13.5. The standard InChI is InChI=1S/C16H33N3O/c1-13(2)9-15(11-17)10-16(20)18-12-14(3)19-7-5-4-6-8-19/h13-15H,4-12,17H2,1-3H3,(H,18,20). The summed E-state index contributed by atoms with van der Waals surface area (Å²) in [5.41, 5.74) is 5.75. The molecule has 0 bridgehead atoms. The summed E-state index contributed by atoms with van der Waals surface area (Å²) in [6, 6.07) is 0.445. The molecule has 1 amide bonds. The largest absolute Gasteiger partial charge is 0.355 e. The molecule has 0 aromatic carbocycles. The highest BCUT2D eigenvalue weighted by atomic mass is 16.1. The molecular weight excluding hydrogens is 250 g/mol. The van der Waals surface area contributed by atoms with Crippen molar-refractivity contribution in [2.75, 3.05) is 26.2 Å². The molecule has 1 fully saturated rings. The van der Waals surface area contributed by atoms with Gasteiger partial charge in [0.05, 0.1) is 0 Å². The van der Waals surface area contributed by atoms with E-state index in [0.717, 1.165) is 13.0 Å². The zero-order chi connectivity index (χ0) is 15.0. The number of amides is 1. The molecule has 2 unspecified atom stereocenters. The van der Waals surface area contributed by atoms with Gasteiger partial charge in [0, 0.05) is 19.0 Å². The van der Waals surface area contributed by atoms with Crippen LogP contribution in [0.5, 0.6) is 0 Å². The van der Waals surface area contributed by atoms with Gasteiger partial charge in [0.2, 0.25) is 5.91 Å². The lowest BCUT2D eigenvalue weighted by Crippen LogP contribution is -2.44. The second-order valence-electron chi connectivity index (χ2n) is 6.69. The second kappa shape index (κ2) is 9.35. The third kappa shape index (κ3) is 6.71. The fourth-order valence-electron chi connectivity index (χ4n) is 3.01. The molecule has 4 heteroatoms. The van der Waals surface area contributed by atoms with E-state index in [-0.39, 0.29) is 5.91 Å². The van der Waals surface area contributed by atoms with Gasteiger partial charge < -0.3 is 11.1 Å². The van der Waals surface area contributed by atoms with Gasteiger partial charge in [-0.1, -0.05) is 20.3 Å². The Bertz CT molecular complexity index is 275. The van der Waals surface area contributed by atoms with Gasteiger partial charge in [0.25, 0.3) is 0 Å². The summed E-state index contributed by atoms with van der Waals surface area (Å²) in [5, 5.41) is 3.08. The molecule has 0 aliphatic carbocycles. The van der Waals surface area contributed by atoms with Crippen molar-refractivity contribution in [3.05, 3.63) is 0 Å². The number of nitrogens with zero attached hydrogens (tertiary/aromatic N) is 1. The first-order valence-corrected chi connectivity index (χ1v) is 8.23. The average molecular weight is 283 g/mol. The van der Waals surface area contributed by atoms with Crippen LogP contribution >= 0.6 is 0 Å². The minimum Gasteiger partial charge on any atom is -0.355 e. The molecule has 0 spiro atoms. The van der Waals surface area contributed by atoms with Crippen LogP contribution in [0.2, 0.25) is 0 Å². The number of carbonyl (C=O) groups is 1. The molecule has 1 rings (SSSR count). The van der Waals surface area contributed by atoms with E-state index in [0.29, 0.717) is 30.8 Å². The first-order chi connectivity index (χ1) is 9.52. The monoisotopic (exact) mass is 283 g/mol. The molecular formula is C16H33N3O. The third-order valence-corrected chi connectivity index (χ3v) is 4.22. The van der Waals surface area contributed by atoms with Crippen LogP contribution in [0.3, 0.4) is 0 Å². The summed E-state index contributed by atoms with van der Waals surface area (Å²) >= 11 is 0. The smallest absolute Gasteiger partial charge is 0.220 e. The first-order valence-electron chi connectivity index (χ1n) is 8.23. The topological polar surface area (TPSA) is 58.4 Å². The predicted octanol–water partition coefficient (Wildman–Crippen LogP) is 1.99. The number of rotatable bonds is 8. The normalized spacial score (nSPS) is 19.9. The molecule has 1 saturated heterocycles. The van der Waals surface area contributed by atoms with Crippen molar-refractivity contribution in [3.63, 3.8) is 0 Å². The quantitative estimate of drug-likeness (QED) is 0.716. The van der Waals surface area contributed by atoms with Gasteiger partial charge in [-0.05, 0) is 57.7 Å². The van der Waals surface area contributed by atoms with Crippen LogP contribution in [0.1, 0.15) is 52.9 Å². The van der Waals surface area contributed by atoms with E-state index in [4.69, 9.17) is 5.73 Å². The van der Waals surface area contributed by atoms with Gasteiger partial charge in [0.1, 0.15) is 0 Å². The van der Waals surface area contributed by atoms with Crippen LogP contribution in [0, 0.1) is 11.8 Å². The highest BCUT2D eigenvalue weighted by Gasteiger charge is 2.18. The Morgan fingerprint density at radius 3 is 2.40 bits per heavy atom. The summed E-state index contributed by atoms with van der Waals surface area (Å²) < 4.78 is 0. The Morgan fingerprint density at radius 1 is 1.20 bits per heavy atom. The van der Waals surface area contributed by atoms with Crippen molar-refractivity contribution in [2.24, 2.45) is 17.6 Å². The van der Waals surface area contributed by atoms with Gasteiger partial charge in [-0.2, -0.15) is 0 Å². The number of piperidine rings is 1. The van der Waals surface area contributed by atoms with E-state index in [1.807, 2.05) is 0 Å². The lowest BCUT2D eigenvalue weighted by Gasteiger charge is -2.32. The molecule has 1 heterocycles. The Hall–Kier alpha value is -0.610. The van der Waals surface area contributed by atoms with E-state index < -0.39 is 0 Å². The summed E-state index contributed by atoms with van der Waals surface area (Å²) in [4.78, 5) is 14.5. The summed E-state index contributed by atoms with van der Waals surface area (Å²) in [5.74, 6) is 1.08. The molecule has 0 aromatic heterocycles. The Morgan fingerprint density at radius 2 is 1.85 bits per heavy atom. The molecule has 20 heavy (non-hydrogen) atoms. The first kappa shape index (κ1) is 17.4. The van der Waals surface area contributed by atoms with Gasteiger partial charge in [-0.15, -0.1) is 0 Å². The molecule has 0 radical (unpaired) electrons. The van der Waals surface area contributed by atoms with Gasteiger partial charge in [0.15, 0.2) is 0 Å². The van der Waals surface area contributed by atoms with Gasteiger partial charge >= 0.3 is 0 Å². The molecule has 118 valence electrons. The zero-order valence-corrected chi connectivity index (χ0v) is 13.5. The number of hydrogen-bond acceptors (Lipinski definition) is 3. The lowest BCUT2D eigenvalue weighted by atomic mass is 9.94. The van der Waals surface area contributed by atoms with Crippen molar-refractivity contribution in [1.29, 1.82) is 0 Å². The predicted molar refractivity (Wildman–Crippen MR) is 84.5 cm³/mol. The van der Waals surface area contributed by atoms with Crippen molar-refractivity contribution in [2.45, 2.75) is 58.9 Å². The van der Waals surface area contributed by atoms with Crippen LogP contribution in [-0.2, 0) is 4.79 Å². The summed E-state index contributed by atoms with van der Waals surface area (Å²) in [6.07, 6.45) is 5.54. The SMILES string of the molecule is CC(C)CC(CN)CC(=O)NCC(C)N1CCCCC1. The molecule has 3 N–H and O–H groups in total. The maximum absolute atomic E-state index is 12.0. The third-order valence-electron chi connectivity index (χ3n) is 4.22. The van der Waals surface area contributed by atoms with Crippen molar-refractivity contribution in [1.82, 2.24) is 10.2 Å². The molecule has 1 aliphatic rings. The highest BCUT2D eigenvalue weighted by molar-refractivity contribution is 5.76. The minimum atomic E-state index is 0.157. The van der Waals surface area contributed by atoms with Crippen LogP contribution < -0.4 is 11.1 Å². The van der Waals surface area contributed by atoms with E-state index in [1.165, 1.54) is 32.4 Å². The maximum atomic E-state index is 12.0. The number of likely N-dealkylation sites (tertiary alicyclic amines) is 1. The summed E-state index contributed by atoms with van der Waals surface area (Å²) in [7, 11) is 0. The van der Waals surface area contributed by atoms with Crippen LogP contribution in [0.4, 0.5) is 0 Å². The number of carbonyl (C=O) groups excluding carboxylic acids is 1. The average Bonchev–Trinajstić information content (AvgIpc) is 2.44. The van der Waals surface area contributed by atoms with E-state index in [1.54, 1.807) is 0 Å².